The van der Waals surface area contributed by atoms with Gasteiger partial charge < -0.3 is 0 Å². The minimum absolute atomic E-state index is 1.20. The first kappa shape index (κ1) is 15.4. The number of unbranched alkanes of at least 4 members (excludes halogenated alkanes) is 5. The summed E-state index contributed by atoms with van der Waals surface area (Å²) in [5, 5.41) is 8.19. The van der Waals surface area contributed by atoms with Crippen LogP contribution in [-0.2, 0) is 6.42 Å². The number of rotatable bonds is 7. The maximum Gasteiger partial charge on any atom is -0.00205 e. The summed E-state index contributed by atoms with van der Waals surface area (Å²) in [5.41, 5.74) is 1.51. The van der Waals surface area contributed by atoms with Crippen LogP contribution in [0.1, 0.15) is 51.0 Å². The third-order valence-electron chi connectivity index (χ3n) is 5.34. The van der Waals surface area contributed by atoms with Crippen LogP contribution in [0.25, 0.3) is 32.3 Å². The summed E-state index contributed by atoms with van der Waals surface area (Å²) >= 11 is 0. The minimum atomic E-state index is 1.20. The van der Waals surface area contributed by atoms with Crippen molar-refractivity contribution in [1.82, 2.24) is 0 Å². The van der Waals surface area contributed by atoms with Gasteiger partial charge in [0.15, 0.2) is 0 Å². The highest BCUT2D eigenvalue weighted by Crippen LogP contribution is 2.36. The molecule has 0 N–H and O–H groups in total. The monoisotopic (exact) mass is 313 g/mol. The Hall–Kier alpha value is -2.08. The lowest BCUT2D eigenvalue weighted by Crippen LogP contribution is -1.91. The molecular weight excluding hydrogens is 288 g/mol. The molecule has 121 valence electrons. The number of benzene rings is 4. The van der Waals surface area contributed by atoms with Gasteiger partial charge in [-0.2, -0.15) is 0 Å². The first-order valence-corrected chi connectivity index (χ1v) is 9.45. The fraction of sp³-hybridized carbons (Fsp3) is 0.333. The Labute approximate surface area is 144 Å². The first-order valence-electron chi connectivity index (χ1n) is 9.45. The molecule has 0 heterocycles. The zero-order valence-corrected chi connectivity index (χ0v) is 14.6. The van der Waals surface area contributed by atoms with Crippen molar-refractivity contribution in [2.24, 2.45) is 0 Å². The summed E-state index contributed by atoms with van der Waals surface area (Å²) in [6, 6.07) is 21.3. The van der Waals surface area contributed by atoms with E-state index in [1.807, 2.05) is 6.07 Å². The van der Waals surface area contributed by atoms with Crippen molar-refractivity contribution in [3.63, 3.8) is 0 Å². The molecule has 0 aliphatic carbocycles. The van der Waals surface area contributed by atoms with E-state index in [-0.39, 0.29) is 0 Å². The zero-order valence-electron chi connectivity index (χ0n) is 14.6. The Morgan fingerprint density at radius 1 is 0.708 bits per heavy atom. The van der Waals surface area contributed by atoms with E-state index in [1.54, 1.807) is 0 Å². The molecule has 4 aromatic carbocycles. The maximum atomic E-state index is 3.40. The third-order valence-corrected chi connectivity index (χ3v) is 5.34. The largest absolute Gasteiger partial charge is 0.0654 e. The Balaban J connectivity index is 1.67. The van der Waals surface area contributed by atoms with E-state index in [9.17, 15) is 0 Å². The Morgan fingerprint density at radius 3 is 2.33 bits per heavy atom. The van der Waals surface area contributed by atoms with Crippen LogP contribution < -0.4 is 0 Å². The van der Waals surface area contributed by atoms with E-state index in [4.69, 9.17) is 0 Å². The third kappa shape index (κ3) is 2.75. The van der Waals surface area contributed by atoms with Gasteiger partial charge in [-0.1, -0.05) is 87.6 Å². The van der Waals surface area contributed by atoms with Gasteiger partial charge in [-0.05, 0) is 56.8 Å². The molecule has 0 spiro atoms. The second kappa shape index (κ2) is 6.81. The van der Waals surface area contributed by atoms with Crippen molar-refractivity contribution in [2.75, 3.05) is 0 Å². The fourth-order valence-electron chi connectivity index (χ4n) is 4.03. The van der Waals surface area contributed by atoms with Gasteiger partial charge in [-0.25, -0.2) is 0 Å². The predicted molar refractivity (Wildman–Crippen MR) is 106 cm³/mol. The van der Waals surface area contributed by atoms with Gasteiger partial charge in [-0.15, -0.1) is 0 Å². The molecule has 0 aromatic heterocycles. The lowest BCUT2D eigenvalue weighted by Gasteiger charge is -2.13. The maximum absolute atomic E-state index is 3.40. The highest BCUT2D eigenvalue weighted by atomic mass is 14.1. The lowest BCUT2D eigenvalue weighted by atomic mass is 9.90. The van der Waals surface area contributed by atoms with Crippen molar-refractivity contribution in [3.05, 3.63) is 60.2 Å². The summed E-state index contributed by atoms with van der Waals surface area (Å²) in [5.74, 6) is 0. The molecule has 0 fully saturated rings. The molecule has 4 rings (SSSR count). The molecule has 1 radical (unpaired) electrons. The van der Waals surface area contributed by atoms with Crippen molar-refractivity contribution < 1.29 is 0 Å². The molecule has 0 saturated heterocycles. The number of hydrogen-bond donors (Lipinski definition) is 0. The number of aryl methyl sites for hydroxylation is 1. The molecule has 4 aromatic rings. The molecule has 0 aliphatic rings. The van der Waals surface area contributed by atoms with E-state index >= 15 is 0 Å². The molecule has 24 heavy (non-hydrogen) atoms. The van der Waals surface area contributed by atoms with Crippen LogP contribution in [0.2, 0.25) is 0 Å². The van der Waals surface area contributed by atoms with Gasteiger partial charge in [0.25, 0.3) is 0 Å². The summed E-state index contributed by atoms with van der Waals surface area (Å²) in [6.45, 7) is 2.28. The summed E-state index contributed by atoms with van der Waals surface area (Å²) in [7, 11) is 0. The van der Waals surface area contributed by atoms with Crippen LogP contribution in [0.15, 0.2) is 48.5 Å². The molecule has 0 atom stereocenters. The number of hydrogen-bond acceptors (Lipinski definition) is 0. The second-order valence-corrected chi connectivity index (χ2v) is 7.01. The van der Waals surface area contributed by atoms with Crippen LogP contribution in [0.4, 0.5) is 0 Å². The van der Waals surface area contributed by atoms with E-state index in [0.717, 1.165) is 0 Å². The van der Waals surface area contributed by atoms with Gasteiger partial charge in [0.1, 0.15) is 0 Å². The van der Waals surface area contributed by atoms with Crippen LogP contribution in [0.3, 0.4) is 0 Å². The highest BCUT2D eigenvalue weighted by Gasteiger charge is 2.10. The summed E-state index contributed by atoms with van der Waals surface area (Å²) < 4.78 is 0. The molecule has 0 saturated carbocycles. The average molecular weight is 313 g/mol. The molecule has 0 aliphatic heterocycles. The topological polar surface area (TPSA) is 0 Å². The first-order chi connectivity index (χ1) is 11.9. The van der Waals surface area contributed by atoms with Crippen molar-refractivity contribution in [2.45, 2.75) is 51.9 Å². The SMILES string of the molecule is CCCCCCCCc1ccc2ccc3cc[c]c4ccc1c2c43. The Bertz CT molecular complexity index is 932. The summed E-state index contributed by atoms with van der Waals surface area (Å²) in [6.07, 6.45) is 9.35. The highest BCUT2D eigenvalue weighted by molar-refractivity contribution is 6.23. The van der Waals surface area contributed by atoms with Crippen LogP contribution >= 0.6 is 0 Å². The second-order valence-electron chi connectivity index (χ2n) is 7.01. The van der Waals surface area contributed by atoms with Gasteiger partial charge in [0, 0.05) is 0 Å². The molecular formula is C24H25. The van der Waals surface area contributed by atoms with E-state index in [1.165, 1.54) is 82.8 Å². The van der Waals surface area contributed by atoms with Crippen LogP contribution in [0, 0.1) is 6.07 Å². The molecule has 0 heteroatoms. The van der Waals surface area contributed by atoms with Crippen molar-refractivity contribution >= 4 is 32.3 Å². The quantitative estimate of drug-likeness (QED) is 0.248. The van der Waals surface area contributed by atoms with E-state index < -0.39 is 0 Å². The van der Waals surface area contributed by atoms with Gasteiger partial charge >= 0.3 is 0 Å². The standard InChI is InChI=1S/C24H25/c1-2-3-4-5-6-7-9-18-12-13-21-15-14-19-10-8-11-20-16-17-22(18)24(21)23(19)20/h8,10,12-17H,2-7,9H2,1H3. The average Bonchev–Trinajstić information content (AvgIpc) is 2.63. The normalized spacial score (nSPS) is 11.9. The smallest absolute Gasteiger partial charge is 0.00205 e. The predicted octanol–water partition coefficient (Wildman–Crippen LogP) is 7.29. The minimum Gasteiger partial charge on any atom is -0.0654 e. The Morgan fingerprint density at radius 2 is 1.46 bits per heavy atom. The lowest BCUT2D eigenvalue weighted by molar-refractivity contribution is 0.608. The fourth-order valence-corrected chi connectivity index (χ4v) is 4.03. The van der Waals surface area contributed by atoms with E-state index in [2.05, 4.69) is 55.5 Å². The van der Waals surface area contributed by atoms with Crippen LogP contribution in [0.5, 0.6) is 0 Å². The van der Waals surface area contributed by atoms with Crippen molar-refractivity contribution in [1.29, 1.82) is 0 Å². The van der Waals surface area contributed by atoms with Gasteiger partial charge in [0.2, 0.25) is 0 Å². The molecule has 0 amide bonds. The van der Waals surface area contributed by atoms with Gasteiger partial charge in [0.05, 0.1) is 0 Å². The molecule has 0 nitrogen and oxygen atoms in total. The zero-order chi connectivity index (χ0) is 16.4. The van der Waals surface area contributed by atoms with E-state index in [0.29, 0.717) is 0 Å². The Kier molecular flexibility index (Phi) is 4.38. The molecule has 0 bridgehead atoms. The molecule has 0 unspecified atom stereocenters. The van der Waals surface area contributed by atoms with Crippen molar-refractivity contribution in [3.8, 4) is 0 Å². The van der Waals surface area contributed by atoms with Crippen LogP contribution in [-0.4, -0.2) is 0 Å². The van der Waals surface area contributed by atoms with Gasteiger partial charge in [-0.3, -0.25) is 0 Å². The summed E-state index contributed by atoms with van der Waals surface area (Å²) in [4.78, 5) is 0.